The molecule has 3 aromatic rings. The van der Waals surface area contributed by atoms with Gasteiger partial charge in [-0.3, -0.25) is 0 Å². The van der Waals surface area contributed by atoms with Gasteiger partial charge in [0.2, 0.25) is 5.89 Å². The summed E-state index contributed by atoms with van der Waals surface area (Å²) in [6.45, 7) is 4.54. The molecule has 0 aliphatic heterocycles. The molecule has 0 bridgehead atoms. The summed E-state index contributed by atoms with van der Waals surface area (Å²) in [5, 5.41) is 0. The van der Waals surface area contributed by atoms with Gasteiger partial charge < -0.3 is 14.9 Å². The summed E-state index contributed by atoms with van der Waals surface area (Å²) in [6, 6.07) is 15.5. The molecule has 0 atom stereocenters. The third-order valence-electron chi connectivity index (χ3n) is 3.68. The van der Waals surface area contributed by atoms with Crippen LogP contribution in [0.15, 0.2) is 52.9 Å². The lowest BCUT2D eigenvalue weighted by molar-refractivity contribution is 0.320. The molecule has 1 heterocycles. The topological polar surface area (TPSA) is 61.3 Å². The maximum Gasteiger partial charge on any atom is 0.226 e. The minimum Gasteiger partial charge on any atom is -0.493 e. The van der Waals surface area contributed by atoms with Gasteiger partial charge in [-0.05, 0) is 50.2 Å². The summed E-state index contributed by atoms with van der Waals surface area (Å²) in [5.41, 5.74) is 9.52. The molecular formula is C19H20N2O2. The van der Waals surface area contributed by atoms with Crippen LogP contribution in [0.2, 0.25) is 0 Å². The maximum atomic E-state index is 5.78. The highest BCUT2D eigenvalue weighted by atomic mass is 16.5. The Bertz CT molecular complexity index is 774. The van der Waals surface area contributed by atoms with E-state index in [-0.39, 0.29) is 0 Å². The molecule has 2 N–H and O–H groups in total. The fraction of sp³-hybridized carbons (Fsp3) is 0.211. The zero-order valence-electron chi connectivity index (χ0n) is 13.4. The zero-order valence-corrected chi connectivity index (χ0v) is 13.4. The van der Waals surface area contributed by atoms with E-state index in [4.69, 9.17) is 14.9 Å². The van der Waals surface area contributed by atoms with Crippen molar-refractivity contribution in [2.45, 2.75) is 20.3 Å². The van der Waals surface area contributed by atoms with E-state index in [1.807, 2.05) is 43.3 Å². The van der Waals surface area contributed by atoms with Crippen molar-refractivity contribution in [3.05, 3.63) is 65.5 Å². The summed E-state index contributed by atoms with van der Waals surface area (Å²) in [6.07, 6.45) is 0.700. The minimum absolute atomic E-state index is 0.546. The van der Waals surface area contributed by atoms with Gasteiger partial charge in [-0.1, -0.05) is 17.7 Å². The lowest BCUT2D eigenvalue weighted by Crippen LogP contribution is -2.02. The molecule has 0 fully saturated rings. The molecule has 23 heavy (non-hydrogen) atoms. The van der Waals surface area contributed by atoms with E-state index in [9.17, 15) is 0 Å². The zero-order chi connectivity index (χ0) is 16.2. The number of ether oxygens (including phenoxy) is 1. The SMILES string of the molecule is Cc1ccc(-c2nc(CCOc3ccc(N)cc3)c(C)o2)cc1. The number of oxazole rings is 1. The van der Waals surface area contributed by atoms with Gasteiger partial charge in [0.05, 0.1) is 12.3 Å². The molecule has 0 aliphatic carbocycles. The van der Waals surface area contributed by atoms with Crippen molar-refractivity contribution >= 4 is 5.69 Å². The Labute approximate surface area is 135 Å². The second kappa shape index (κ2) is 6.57. The second-order valence-corrected chi connectivity index (χ2v) is 5.56. The number of hydrogen-bond acceptors (Lipinski definition) is 4. The first-order valence-electron chi connectivity index (χ1n) is 7.63. The van der Waals surface area contributed by atoms with Crippen LogP contribution in [0.1, 0.15) is 17.0 Å². The predicted molar refractivity (Wildman–Crippen MR) is 91.5 cm³/mol. The third-order valence-corrected chi connectivity index (χ3v) is 3.68. The molecule has 3 rings (SSSR count). The molecule has 0 amide bonds. The van der Waals surface area contributed by atoms with Gasteiger partial charge in [0.15, 0.2) is 0 Å². The van der Waals surface area contributed by atoms with Crippen molar-refractivity contribution < 1.29 is 9.15 Å². The van der Waals surface area contributed by atoms with Crippen molar-refractivity contribution in [2.75, 3.05) is 12.3 Å². The quantitative estimate of drug-likeness (QED) is 0.719. The summed E-state index contributed by atoms with van der Waals surface area (Å²) in [5.74, 6) is 2.30. The molecule has 4 heteroatoms. The van der Waals surface area contributed by atoms with Crippen LogP contribution >= 0.6 is 0 Å². The van der Waals surface area contributed by atoms with Crippen LogP contribution in [0.4, 0.5) is 5.69 Å². The van der Waals surface area contributed by atoms with Gasteiger partial charge in [0, 0.05) is 17.7 Å². The van der Waals surface area contributed by atoms with E-state index in [2.05, 4.69) is 24.0 Å². The molecule has 4 nitrogen and oxygen atoms in total. The first-order valence-corrected chi connectivity index (χ1v) is 7.63. The number of nitrogen functional groups attached to an aromatic ring is 1. The van der Waals surface area contributed by atoms with Crippen LogP contribution in [0.25, 0.3) is 11.5 Å². The summed E-state index contributed by atoms with van der Waals surface area (Å²) in [4.78, 5) is 4.59. The lowest BCUT2D eigenvalue weighted by Gasteiger charge is -2.05. The van der Waals surface area contributed by atoms with Crippen LogP contribution in [-0.2, 0) is 6.42 Å². The predicted octanol–water partition coefficient (Wildman–Crippen LogP) is 4.16. The van der Waals surface area contributed by atoms with E-state index in [0.29, 0.717) is 18.9 Å². The number of rotatable bonds is 5. The van der Waals surface area contributed by atoms with Gasteiger partial charge in [-0.2, -0.15) is 0 Å². The van der Waals surface area contributed by atoms with Crippen LogP contribution < -0.4 is 10.5 Å². The van der Waals surface area contributed by atoms with Crippen LogP contribution in [0, 0.1) is 13.8 Å². The Hall–Kier alpha value is -2.75. The van der Waals surface area contributed by atoms with Crippen LogP contribution in [0.3, 0.4) is 0 Å². The number of hydrogen-bond donors (Lipinski definition) is 1. The molecule has 2 aromatic carbocycles. The van der Waals surface area contributed by atoms with Gasteiger partial charge in [0.25, 0.3) is 0 Å². The van der Waals surface area contributed by atoms with E-state index in [0.717, 1.165) is 28.5 Å². The van der Waals surface area contributed by atoms with Crippen LogP contribution in [0.5, 0.6) is 5.75 Å². The smallest absolute Gasteiger partial charge is 0.226 e. The fourth-order valence-corrected chi connectivity index (χ4v) is 2.31. The molecule has 0 aliphatic rings. The van der Waals surface area contributed by atoms with Crippen molar-refractivity contribution in [3.8, 4) is 17.2 Å². The monoisotopic (exact) mass is 308 g/mol. The maximum absolute atomic E-state index is 5.78. The second-order valence-electron chi connectivity index (χ2n) is 5.56. The number of aromatic nitrogens is 1. The van der Waals surface area contributed by atoms with Crippen molar-refractivity contribution in [3.63, 3.8) is 0 Å². The average Bonchev–Trinajstić information content (AvgIpc) is 2.91. The number of nitrogens with zero attached hydrogens (tertiary/aromatic N) is 1. The van der Waals surface area contributed by atoms with Crippen LogP contribution in [-0.4, -0.2) is 11.6 Å². The molecule has 0 unspecified atom stereocenters. The number of nitrogens with two attached hydrogens (primary N) is 1. The van der Waals surface area contributed by atoms with E-state index in [1.165, 1.54) is 5.56 Å². The molecular weight excluding hydrogens is 288 g/mol. The Morgan fingerprint density at radius 3 is 2.39 bits per heavy atom. The number of anilines is 1. The van der Waals surface area contributed by atoms with Crippen molar-refractivity contribution in [1.29, 1.82) is 0 Å². The molecule has 0 spiro atoms. The Morgan fingerprint density at radius 2 is 1.70 bits per heavy atom. The first kappa shape index (κ1) is 15.2. The normalized spacial score (nSPS) is 10.7. The minimum atomic E-state index is 0.546. The Balaban J connectivity index is 1.64. The lowest BCUT2D eigenvalue weighted by atomic mass is 10.1. The van der Waals surface area contributed by atoms with Gasteiger partial charge >= 0.3 is 0 Å². The molecule has 0 saturated heterocycles. The van der Waals surface area contributed by atoms with Gasteiger partial charge in [0.1, 0.15) is 11.5 Å². The van der Waals surface area contributed by atoms with Gasteiger partial charge in [-0.15, -0.1) is 0 Å². The Morgan fingerprint density at radius 1 is 1.00 bits per heavy atom. The summed E-state index contributed by atoms with van der Waals surface area (Å²) in [7, 11) is 0. The highest BCUT2D eigenvalue weighted by Gasteiger charge is 2.11. The Kier molecular flexibility index (Phi) is 4.33. The fourth-order valence-electron chi connectivity index (χ4n) is 2.31. The van der Waals surface area contributed by atoms with E-state index >= 15 is 0 Å². The highest BCUT2D eigenvalue weighted by molar-refractivity contribution is 5.54. The van der Waals surface area contributed by atoms with Crippen molar-refractivity contribution in [1.82, 2.24) is 4.98 Å². The first-order chi connectivity index (χ1) is 11.1. The number of benzene rings is 2. The molecule has 0 radical (unpaired) electrons. The summed E-state index contributed by atoms with van der Waals surface area (Å²) >= 11 is 0. The molecule has 0 saturated carbocycles. The van der Waals surface area contributed by atoms with Crippen molar-refractivity contribution in [2.24, 2.45) is 0 Å². The van der Waals surface area contributed by atoms with E-state index < -0.39 is 0 Å². The van der Waals surface area contributed by atoms with E-state index in [1.54, 1.807) is 0 Å². The number of aryl methyl sites for hydroxylation is 2. The van der Waals surface area contributed by atoms with Gasteiger partial charge in [-0.25, -0.2) is 4.98 Å². The largest absolute Gasteiger partial charge is 0.493 e. The average molecular weight is 308 g/mol. The molecule has 118 valence electrons. The highest BCUT2D eigenvalue weighted by Crippen LogP contribution is 2.22. The third kappa shape index (κ3) is 3.72. The molecule has 1 aromatic heterocycles. The summed E-state index contributed by atoms with van der Waals surface area (Å²) < 4.78 is 11.5. The standard InChI is InChI=1S/C19H20N2O2/c1-13-3-5-15(6-4-13)19-21-18(14(2)23-19)11-12-22-17-9-7-16(20)8-10-17/h3-10H,11-12,20H2,1-2H3.